The van der Waals surface area contributed by atoms with Crippen molar-refractivity contribution in [3.05, 3.63) is 65.7 Å². The molecule has 2 aromatic carbocycles. The lowest BCUT2D eigenvalue weighted by molar-refractivity contribution is -0.117. The Morgan fingerprint density at radius 2 is 1.77 bits per heavy atom. The van der Waals surface area contributed by atoms with E-state index in [0.29, 0.717) is 12.8 Å². The highest BCUT2D eigenvalue weighted by Crippen LogP contribution is 2.31. The molecule has 1 amide bonds. The van der Waals surface area contributed by atoms with Crippen LogP contribution in [0.25, 0.3) is 22.2 Å². The minimum absolute atomic E-state index is 0.157. The van der Waals surface area contributed by atoms with Gasteiger partial charge in [0.2, 0.25) is 5.91 Å². The summed E-state index contributed by atoms with van der Waals surface area (Å²) in [7, 11) is 0. The smallest absolute Gasteiger partial charge is 0.217 e. The molecular formula is C23H26N2O. The summed E-state index contributed by atoms with van der Waals surface area (Å²) < 4.78 is 0. The van der Waals surface area contributed by atoms with E-state index >= 15 is 0 Å². The SMILES string of the molecule is CCC(C)(C)c1ccc(-c2nc3ccccc3cc2CCC(N)=O)cc1. The molecule has 0 saturated heterocycles. The van der Waals surface area contributed by atoms with Gasteiger partial charge in [-0.15, -0.1) is 0 Å². The number of hydrogen-bond acceptors (Lipinski definition) is 2. The second kappa shape index (κ2) is 7.28. The average molecular weight is 346 g/mol. The number of aryl methyl sites for hydroxylation is 1. The number of nitrogens with zero attached hydrogens (tertiary/aromatic N) is 1. The number of rotatable bonds is 6. The average Bonchev–Trinajstić information content (AvgIpc) is 2.65. The van der Waals surface area contributed by atoms with Gasteiger partial charge >= 0.3 is 0 Å². The first kappa shape index (κ1) is 18.1. The molecule has 0 aliphatic carbocycles. The molecule has 3 nitrogen and oxygen atoms in total. The fourth-order valence-corrected chi connectivity index (χ4v) is 3.14. The van der Waals surface area contributed by atoms with E-state index in [1.165, 1.54) is 5.56 Å². The van der Waals surface area contributed by atoms with Crippen molar-refractivity contribution in [1.82, 2.24) is 4.98 Å². The van der Waals surface area contributed by atoms with E-state index < -0.39 is 0 Å². The molecule has 0 unspecified atom stereocenters. The number of fused-ring (bicyclic) bond motifs is 1. The number of carbonyl (C=O) groups excluding carboxylic acids is 1. The molecule has 0 saturated carbocycles. The van der Waals surface area contributed by atoms with Crippen LogP contribution in [0.2, 0.25) is 0 Å². The Morgan fingerprint density at radius 3 is 2.42 bits per heavy atom. The third-order valence-corrected chi connectivity index (χ3v) is 5.27. The molecule has 0 aliphatic heterocycles. The number of hydrogen-bond donors (Lipinski definition) is 1. The van der Waals surface area contributed by atoms with Gasteiger partial charge in [0.1, 0.15) is 0 Å². The van der Waals surface area contributed by atoms with Gasteiger partial charge in [0.25, 0.3) is 0 Å². The summed E-state index contributed by atoms with van der Waals surface area (Å²) in [6, 6.07) is 18.8. The quantitative estimate of drug-likeness (QED) is 0.682. The summed E-state index contributed by atoms with van der Waals surface area (Å²) in [4.78, 5) is 16.2. The van der Waals surface area contributed by atoms with Crippen LogP contribution in [-0.4, -0.2) is 10.9 Å². The fourth-order valence-electron chi connectivity index (χ4n) is 3.14. The molecule has 3 rings (SSSR count). The van der Waals surface area contributed by atoms with E-state index in [1.54, 1.807) is 0 Å². The van der Waals surface area contributed by atoms with Crippen LogP contribution in [0.15, 0.2) is 54.6 Å². The van der Waals surface area contributed by atoms with Gasteiger partial charge in [-0.3, -0.25) is 4.79 Å². The number of aromatic nitrogens is 1. The second-order valence-corrected chi connectivity index (χ2v) is 7.47. The van der Waals surface area contributed by atoms with Crippen LogP contribution in [0.1, 0.15) is 44.7 Å². The van der Waals surface area contributed by atoms with Crippen molar-refractivity contribution < 1.29 is 4.79 Å². The highest BCUT2D eigenvalue weighted by molar-refractivity contribution is 5.84. The Morgan fingerprint density at radius 1 is 1.08 bits per heavy atom. The number of para-hydroxylation sites is 1. The standard InChI is InChI=1S/C23H26N2O/c1-4-23(2,3)19-12-9-16(10-13-19)22-18(11-14-21(24)26)15-17-7-5-6-8-20(17)25-22/h5-10,12-13,15H,4,11,14H2,1-3H3,(H2,24,26). The third kappa shape index (κ3) is 3.77. The van der Waals surface area contributed by atoms with E-state index in [2.05, 4.69) is 51.1 Å². The molecule has 0 radical (unpaired) electrons. The van der Waals surface area contributed by atoms with Crippen LogP contribution in [0.5, 0.6) is 0 Å². The summed E-state index contributed by atoms with van der Waals surface area (Å²) in [6.45, 7) is 6.73. The van der Waals surface area contributed by atoms with Crippen LogP contribution in [0, 0.1) is 0 Å². The number of benzene rings is 2. The molecule has 0 atom stereocenters. The van der Waals surface area contributed by atoms with Crippen LogP contribution < -0.4 is 5.73 Å². The number of pyridine rings is 1. The summed E-state index contributed by atoms with van der Waals surface area (Å²) in [5, 5.41) is 1.08. The summed E-state index contributed by atoms with van der Waals surface area (Å²) in [5.74, 6) is -0.288. The molecule has 3 aromatic rings. The Hall–Kier alpha value is -2.68. The van der Waals surface area contributed by atoms with Crippen molar-refractivity contribution in [2.45, 2.75) is 45.4 Å². The van der Waals surface area contributed by atoms with Gasteiger partial charge in [0, 0.05) is 17.4 Å². The van der Waals surface area contributed by atoms with E-state index in [1.807, 2.05) is 24.3 Å². The van der Waals surface area contributed by atoms with Crippen LogP contribution >= 0.6 is 0 Å². The zero-order chi connectivity index (χ0) is 18.7. The van der Waals surface area contributed by atoms with Gasteiger partial charge in [-0.05, 0) is 41.5 Å². The molecule has 1 heterocycles. The van der Waals surface area contributed by atoms with Crippen molar-refractivity contribution in [2.24, 2.45) is 5.73 Å². The first-order chi connectivity index (χ1) is 12.4. The fraction of sp³-hybridized carbons (Fsp3) is 0.304. The lowest BCUT2D eigenvalue weighted by Crippen LogP contribution is -2.15. The molecular weight excluding hydrogens is 320 g/mol. The van der Waals surface area contributed by atoms with E-state index in [-0.39, 0.29) is 11.3 Å². The van der Waals surface area contributed by atoms with Crippen LogP contribution in [0.4, 0.5) is 0 Å². The highest BCUT2D eigenvalue weighted by Gasteiger charge is 2.18. The van der Waals surface area contributed by atoms with Crippen molar-refractivity contribution in [3.63, 3.8) is 0 Å². The Kier molecular flexibility index (Phi) is 5.08. The van der Waals surface area contributed by atoms with Crippen molar-refractivity contribution in [3.8, 4) is 11.3 Å². The predicted molar refractivity (Wildman–Crippen MR) is 108 cm³/mol. The molecule has 0 aliphatic rings. The molecule has 1 aromatic heterocycles. The molecule has 3 heteroatoms. The molecule has 134 valence electrons. The maximum Gasteiger partial charge on any atom is 0.217 e. The van der Waals surface area contributed by atoms with Gasteiger partial charge in [-0.25, -0.2) is 4.98 Å². The molecule has 0 spiro atoms. The molecule has 26 heavy (non-hydrogen) atoms. The molecule has 2 N–H and O–H groups in total. The lowest BCUT2D eigenvalue weighted by atomic mass is 9.82. The normalized spacial score (nSPS) is 11.7. The minimum atomic E-state index is -0.288. The Labute approximate surface area is 155 Å². The second-order valence-electron chi connectivity index (χ2n) is 7.47. The Bertz CT molecular complexity index is 927. The summed E-state index contributed by atoms with van der Waals surface area (Å²) in [6.07, 6.45) is 2.02. The summed E-state index contributed by atoms with van der Waals surface area (Å²) >= 11 is 0. The third-order valence-electron chi connectivity index (χ3n) is 5.27. The minimum Gasteiger partial charge on any atom is -0.370 e. The predicted octanol–water partition coefficient (Wildman–Crippen LogP) is 5.01. The lowest BCUT2D eigenvalue weighted by Gasteiger charge is -2.23. The molecule has 0 fully saturated rings. The van der Waals surface area contributed by atoms with Gasteiger partial charge in [0.05, 0.1) is 11.2 Å². The number of carbonyl (C=O) groups is 1. The van der Waals surface area contributed by atoms with Crippen LogP contribution in [0.3, 0.4) is 0 Å². The van der Waals surface area contributed by atoms with Crippen molar-refractivity contribution >= 4 is 16.8 Å². The van der Waals surface area contributed by atoms with Gasteiger partial charge in [0.15, 0.2) is 0 Å². The summed E-state index contributed by atoms with van der Waals surface area (Å²) in [5.41, 5.74) is 10.9. The van der Waals surface area contributed by atoms with Crippen molar-refractivity contribution in [1.29, 1.82) is 0 Å². The van der Waals surface area contributed by atoms with Gasteiger partial charge in [-0.2, -0.15) is 0 Å². The van der Waals surface area contributed by atoms with Gasteiger partial charge < -0.3 is 5.73 Å². The van der Waals surface area contributed by atoms with E-state index in [4.69, 9.17) is 10.7 Å². The zero-order valence-electron chi connectivity index (χ0n) is 15.8. The van der Waals surface area contributed by atoms with Gasteiger partial charge in [-0.1, -0.05) is 63.2 Å². The first-order valence-corrected chi connectivity index (χ1v) is 9.18. The maximum atomic E-state index is 11.3. The number of nitrogens with two attached hydrogens (primary N) is 1. The monoisotopic (exact) mass is 346 g/mol. The first-order valence-electron chi connectivity index (χ1n) is 9.18. The Balaban J connectivity index is 2.07. The zero-order valence-corrected chi connectivity index (χ0v) is 15.8. The van der Waals surface area contributed by atoms with E-state index in [0.717, 1.165) is 34.1 Å². The topological polar surface area (TPSA) is 56.0 Å². The number of amides is 1. The number of primary amides is 1. The highest BCUT2D eigenvalue weighted by atomic mass is 16.1. The largest absolute Gasteiger partial charge is 0.370 e. The molecule has 0 bridgehead atoms. The van der Waals surface area contributed by atoms with Crippen LogP contribution in [-0.2, 0) is 16.6 Å². The van der Waals surface area contributed by atoms with E-state index in [9.17, 15) is 4.79 Å². The van der Waals surface area contributed by atoms with Crippen molar-refractivity contribution in [2.75, 3.05) is 0 Å². The maximum absolute atomic E-state index is 11.3.